The molecule has 3 nitrogen and oxygen atoms in total. The van der Waals surface area contributed by atoms with Gasteiger partial charge in [-0.1, -0.05) is 30.3 Å². The van der Waals surface area contributed by atoms with E-state index in [-0.39, 0.29) is 18.1 Å². The lowest BCUT2D eigenvalue weighted by Crippen LogP contribution is -2.20. The summed E-state index contributed by atoms with van der Waals surface area (Å²) in [6.07, 6.45) is 1.63. The fourth-order valence-electron chi connectivity index (χ4n) is 1.47. The van der Waals surface area contributed by atoms with Gasteiger partial charge in [0.2, 0.25) is 5.91 Å². The molecule has 1 amide bonds. The van der Waals surface area contributed by atoms with Crippen molar-refractivity contribution in [2.24, 2.45) is 0 Å². The Morgan fingerprint density at radius 1 is 1.29 bits per heavy atom. The maximum Gasteiger partial charge on any atom is 0.234 e. The Hall–Kier alpha value is -1.77. The summed E-state index contributed by atoms with van der Waals surface area (Å²) in [5, 5.41) is 9.15. The van der Waals surface area contributed by atoms with Crippen LogP contribution < -0.4 is 0 Å². The molecule has 1 aromatic rings. The number of carbonyl (C=O) groups is 1. The molecule has 0 unspecified atom stereocenters. The van der Waals surface area contributed by atoms with Gasteiger partial charge in [-0.05, 0) is 5.56 Å². The highest BCUT2D eigenvalue weighted by Crippen LogP contribution is 2.16. The van der Waals surface area contributed by atoms with Crippen molar-refractivity contribution in [1.29, 1.82) is 0 Å². The van der Waals surface area contributed by atoms with E-state index in [1.807, 2.05) is 30.3 Å². The van der Waals surface area contributed by atoms with E-state index in [0.29, 0.717) is 6.54 Å². The molecule has 1 heterocycles. The largest absolute Gasteiger partial charge is 0.510 e. The van der Waals surface area contributed by atoms with Crippen LogP contribution >= 0.6 is 0 Å². The van der Waals surface area contributed by atoms with E-state index in [4.69, 9.17) is 5.11 Å². The number of nitrogens with zero attached hydrogens (tertiary/aromatic N) is 1. The van der Waals surface area contributed by atoms with Crippen molar-refractivity contribution in [3.05, 3.63) is 47.9 Å². The van der Waals surface area contributed by atoms with E-state index >= 15 is 0 Å². The van der Waals surface area contributed by atoms with Crippen LogP contribution in [0.25, 0.3) is 0 Å². The van der Waals surface area contributed by atoms with Gasteiger partial charge >= 0.3 is 0 Å². The smallest absolute Gasteiger partial charge is 0.234 e. The molecule has 3 heteroatoms. The van der Waals surface area contributed by atoms with Crippen LogP contribution in [0, 0.1) is 0 Å². The SMILES string of the molecule is O=C1CC(O)=CN1Cc1ccccc1. The van der Waals surface area contributed by atoms with Gasteiger partial charge in [0.15, 0.2) is 0 Å². The van der Waals surface area contributed by atoms with Gasteiger partial charge in [-0.15, -0.1) is 0 Å². The maximum absolute atomic E-state index is 11.3. The molecule has 0 fully saturated rings. The third kappa shape index (κ3) is 1.76. The summed E-state index contributed by atoms with van der Waals surface area (Å²) < 4.78 is 0. The van der Waals surface area contributed by atoms with E-state index in [1.54, 1.807) is 0 Å². The molecule has 0 radical (unpaired) electrons. The molecule has 14 heavy (non-hydrogen) atoms. The summed E-state index contributed by atoms with van der Waals surface area (Å²) in [4.78, 5) is 12.8. The molecule has 1 aliphatic heterocycles. The quantitative estimate of drug-likeness (QED) is 0.770. The molecular formula is C11H11NO2. The number of hydrogen-bond donors (Lipinski definition) is 1. The molecule has 0 spiro atoms. The van der Waals surface area contributed by atoms with E-state index < -0.39 is 0 Å². The molecule has 0 saturated carbocycles. The van der Waals surface area contributed by atoms with Crippen LogP contribution in [0.4, 0.5) is 0 Å². The molecule has 0 bridgehead atoms. The van der Waals surface area contributed by atoms with Gasteiger partial charge in [0.25, 0.3) is 0 Å². The molecule has 0 aliphatic carbocycles. The second-order valence-corrected chi connectivity index (χ2v) is 3.30. The van der Waals surface area contributed by atoms with Crippen LogP contribution in [0.5, 0.6) is 0 Å². The first-order valence-electron chi connectivity index (χ1n) is 4.49. The van der Waals surface area contributed by atoms with Crippen molar-refractivity contribution in [2.75, 3.05) is 0 Å². The van der Waals surface area contributed by atoms with Gasteiger partial charge < -0.3 is 10.0 Å². The van der Waals surface area contributed by atoms with Crippen molar-refractivity contribution in [3.8, 4) is 0 Å². The number of aliphatic hydroxyl groups is 1. The van der Waals surface area contributed by atoms with Gasteiger partial charge in [-0.25, -0.2) is 0 Å². The first kappa shape index (κ1) is 8.81. The summed E-state index contributed by atoms with van der Waals surface area (Å²) in [7, 11) is 0. The van der Waals surface area contributed by atoms with Gasteiger partial charge in [0.1, 0.15) is 5.76 Å². The highest BCUT2D eigenvalue weighted by atomic mass is 16.3. The van der Waals surface area contributed by atoms with Gasteiger partial charge in [-0.2, -0.15) is 0 Å². The highest BCUT2D eigenvalue weighted by molar-refractivity contribution is 5.82. The normalized spacial score (nSPS) is 15.9. The number of carbonyl (C=O) groups excluding carboxylic acids is 1. The summed E-state index contributed by atoms with van der Waals surface area (Å²) in [5.41, 5.74) is 1.06. The standard InChI is InChI=1S/C11H11NO2/c13-10-6-11(14)12(8-10)7-9-4-2-1-3-5-9/h1-5,8,13H,6-7H2. The third-order valence-corrected chi connectivity index (χ3v) is 2.15. The van der Waals surface area contributed by atoms with Crippen molar-refractivity contribution in [3.63, 3.8) is 0 Å². The molecule has 2 rings (SSSR count). The Morgan fingerprint density at radius 3 is 2.57 bits per heavy atom. The molecule has 72 valence electrons. The Labute approximate surface area is 82.3 Å². The predicted octanol–water partition coefficient (Wildman–Crippen LogP) is 1.82. The third-order valence-electron chi connectivity index (χ3n) is 2.15. The van der Waals surface area contributed by atoms with Gasteiger partial charge in [0, 0.05) is 6.20 Å². The number of hydrogen-bond acceptors (Lipinski definition) is 2. The Kier molecular flexibility index (Phi) is 2.23. The molecule has 1 N–H and O–H groups in total. The zero-order valence-corrected chi connectivity index (χ0v) is 7.68. The average Bonchev–Trinajstić information content (AvgIpc) is 2.47. The molecule has 0 atom stereocenters. The fraction of sp³-hybridized carbons (Fsp3) is 0.182. The molecular weight excluding hydrogens is 178 g/mol. The summed E-state index contributed by atoms with van der Waals surface area (Å²) in [6, 6.07) is 9.70. The molecule has 0 saturated heterocycles. The Bertz CT molecular complexity index is 370. The monoisotopic (exact) mass is 189 g/mol. The predicted molar refractivity (Wildman–Crippen MR) is 52.3 cm³/mol. The van der Waals surface area contributed by atoms with Crippen molar-refractivity contribution < 1.29 is 9.90 Å². The number of benzene rings is 1. The first-order chi connectivity index (χ1) is 6.75. The van der Waals surface area contributed by atoms with E-state index in [1.165, 1.54) is 11.1 Å². The van der Waals surface area contributed by atoms with Gasteiger partial charge in [0.05, 0.1) is 13.0 Å². The van der Waals surface area contributed by atoms with Crippen LogP contribution in [0.1, 0.15) is 12.0 Å². The van der Waals surface area contributed by atoms with Crippen LogP contribution in [-0.2, 0) is 11.3 Å². The lowest BCUT2D eigenvalue weighted by atomic mass is 10.2. The average molecular weight is 189 g/mol. The lowest BCUT2D eigenvalue weighted by molar-refractivity contribution is -0.127. The highest BCUT2D eigenvalue weighted by Gasteiger charge is 2.20. The maximum atomic E-state index is 11.3. The minimum Gasteiger partial charge on any atom is -0.510 e. The first-order valence-corrected chi connectivity index (χ1v) is 4.49. The van der Waals surface area contributed by atoms with E-state index in [0.717, 1.165) is 5.56 Å². The summed E-state index contributed by atoms with van der Waals surface area (Å²) >= 11 is 0. The molecule has 0 aromatic heterocycles. The van der Waals surface area contributed by atoms with Crippen molar-refractivity contribution in [2.45, 2.75) is 13.0 Å². The minimum absolute atomic E-state index is 0.0497. The summed E-state index contributed by atoms with van der Waals surface area (Å²) in [5.74, 6) is 0.0947. The Balaban J connectivity index is 2.09. The van der Waals surface area contributed by atoms with E-state index in [2.05, 4.69) is 0 Å². The van der Waals surface area contributed by atoms with Crippen LogP contribution in [0.15, 0.2) is 42.3 Å². The number of amides is 1. The van der Waals surface area contributed by atoms with Gasteiger partial charge in [-0.3, -0.25) is 4.79 Å². The van der Waals surface area contributed by atoms with Crippen molar-refractivity contribution >= 4 is 5.91 Å². The minimum atomic E-state index is -0.0497. The number of aliphatic hydroxyl groups excluding tert-OH is 1. The topological polar surface area (TPSA) is 40.5 Å². The zero-order valence-electron chi connectivity index (χ0n) is 7.68. The van der Waals surface area contributed by atoms with E-state index in [9.17, 15) is 4.79 Å². The lowest BCUT2D eigenvalue weighted by Gasteiger charge is -2.12. The molecule has 1 aliphatic rings. The van der Waals surface area contributed by atoms with Crippen LogP contribution in [0.2, 0.25) is 0 Å². The van der Waals surface area contributed by atoms with Crippen molar-refractivity contribution in [1.82, 2.24) is 4.90 Å². The second kappa shape index (κ2) is 3.54. The van der Waals surface area contributed by atoms with Crippen LogP contribution in [-0.4, -0.2) is 15.9 Å². The summed E-state index contributed by atoms with van der Waals surface area (Å²) in [6.45, 7) is 0.531. The second-order valence-electron chi connectivity index (χ2n) is 3.30. The fourth-order valence-corrected chi connectivity index (χ4v) is 1.47. The number of rotatable bonds is 2. The zero-order chi connectivity index (χ0) is 9.97. The van der Waals surface area contributed by atoms with Crippen LogP contribution in [0.3, 0.4) is 0 Å². The molecule has 1 aromatic carbocycles. The Morgan fingerprint density at radius 2 is 2.00 bits per heavy atom.